The Labute approximate surface area is 102 Å². The Hall–Kier alpha value is -1.61. The molecule has 1 atom stereocenters. The van der Waals surface area contributed by atoms with Gasteiger partial charge in [-0.3, -0.25) is 4.79 Å². The van der Waals surface area contributed by atoms with Crippen molar-refractivity contribution in [3.8, 4) is 0 Å². The molecule has 1 fully saturated rings. The van der Waals surface area contributed by atoms with E-state index in [0.29, 0.717) is 13.3 Å². The van der Waals surface area contributed by atoms with Gasteiger partial charge in [-0.1, -0.05) is 36.4 Å². The van der Waals surface area contributed by atoms with E-state index in [4.69, 9.17) is 4.74 Å². The van der Waals surface area contributed by atoms with Crippen molar-refractivity contribution in [2.24, 2.45) is 0 Å². The van der Waals surface area contributed by atoms with Gasteiger partial charge in [0.25, 0.3) is 0 Å². The lowest BCUT2D eigenvalue weighted by Crippen LogP contribution is -2.36. The van der Waals surface area contributed by atoms with Crippen molar-refractivity contribution in [3.63, 3.8) is 0 Å². The zero-order chi connectivity index (χ0) is 12.1. The Morgan fingerprint density at radius 2 is 2.24 bits per heavy atom. The summed E-state index contributed by atoms with van der Waals surface area (Å²) in [6.07, 6.45) is 4.21. The van der Waals surface area contributed by atoms with Crippen LogP contribution in [-0.2, 0) is 16.0 Å². The van der Waals surface area contributed by atoms with Crippen LogP contribution in [0.25, 0.3) is 0 Å². The molecule has 1 aliphatic rings. The maximum atomic E-state index is 11.8. The number of amides is 1. The van der Waals surface area contributed by atoms with E-state index in [1.807, 2.05) is 25.1 Å². The summed E-state index contributed by atoms with van der Waals surface area (Å²) in [6, 6.07) is 10.3. The average molecular weight is 231 g/mol. The molecule has 0 bridgehead atoms. The van der Waals surface area contributed by atoms with Gasteiger partial charge in [0, 0.05) is 0 Å². The Balaban J connectivity index is 2.03. The number of carbonyl (C=O) groups excluding carboxylic acids is 1. The van der Waals surface area contributed by atoms with Crippen LogP contribution in [0.15, 0.2) is 42.5 Å². The van der Waals surface area contributed by atoms with Crippen LogP contribution < -0.4 is 0 Å². The summed E-state index contributed by atoms with van der Waals surface area (Å²) in [5, 5.41) is 0. The van der Waals surface area contributed by atoms with Gasteiger partial charge >= 0.3 is 0 Å². The molecule has 0 N–H and O–H groups in total. The van der Waals surface area contributed by atoms with Gasteiger partial charge in [0.1, 0.15) is 6.73 Å². The van der Waals surface area contributed by atoms with Crippen molar-refractivity contribution < 1.29 is 9.53 Å². The smallest absolute Gasteiger partial charge is 0.248 e. The highest BCUT2D eigenvalue weighted by atomic mass is 16.5. The van der Waals surface area contributed by atoms with Crippen molar-refractivity contribution in [2.75, 3.05) is 13.3 Å². The summed E-state index contributed by atoms with van der Waals surface area (Å²) >= 11 is 0. The molecule has 1 aliphatic heterocycles. The molecule has 0 radical (unpaired) electrons. The SMILES string of the molecule is C/C=C/C(=O)N1COC[C@H]1Cc1ccccc1. The first-order valence-corrected chi connectivity index (χ1v) is 5.86. The van der Waals surface area contributed by atoms with Crippen LogP contribution in [-0.4, -0.2) is 30.2 Å². The van der Waals surface area contributed by atoms with Crippen molar-refractivity contribution in [2.45, 2.75) is 19.4 Å². The third-order valence-electron chi connectivity index (χ3n) is 2.89. The first-order valence-electron chi connectivity index (χ1n) is 5.86. The standard InChI is InChI=1S/C14H17NO2/c1-2-6-14(16)15-11-17-10-13(15)9-12-7-4-3-5-8-12/h2-8,13H,9-11H2,1H3/b6-2+/t13-/m1/s1. The lowest BCUT2D eigenvalue weighted by atomic mass is 10.1. The Morgan fingerprint density at radius 3 is 2.94 bits per heavy atom. The normalized spacial score (nSPS) is 20.1. The number of rotatable bonds is 3. The topological polar surface area (TPSA) is 29.5 Å². The van der Waals surface area contributed by atoms with Crippen LogP contribution in [0.2, 0.25) is 0 Å². The van der Waals surface area contributed by atoms with Crippen molar-refractivity contribution in [1.82, 2.24) is 4.90 Å². The third kappa shape index (κ3) is 2.94. The fraction of sp³-hybridized carbons (Fsp3) is 0.357. The zero-order valence-electron chi connectivity index (χ0n) is 10.0. The monoisotopic (exact) mass is 231 g/mol. The number of nitrogens with zero attached hydrogens (tertiary/aromatic N) is 1. The van der Waals surface area contributed by atoms with Crippen LogP contribution in [0, 0.1) is 0 Å². The second kappa shape index (κ2) is 5.64. The first-order chi connectivity index (χ1) is 8.31. The lowest BCUT2D eigenvalue weighted by Gasteiger charge is -2.21. The largest absolute Gasteiger partial charge is 0.359 e. The Kier molecular flexibility index (Phi) is 3.94. The van der Waals surface area contributed by atoms with E-state index in [2.05, 4.69) is 12.1 Å². The van der Waals surface area contributed by atoms with E-state index in [1.54, 1.807) is 17.1 Å². The van der Waals surface area contributed by atoms with Gasteiger partial charge in [0.2, 0.25) is 5.91 Å². The molecule has 1 aromatic carbocycles. The van der Waals surface area contributed by atoms with E-state index in [0.717, 1.165) is 6.42 Å². The molecule has 90 valence electrons. The molecule has 1 heterocycles. The fourth-order valence-corrected chi connectivity index (χ4v) is 2.02. The van der Waals surface area contributed by atoms with E-state index < -0.39 is 0 Å². The van der Waals surface area contributed by atoms with Crippen LogP contribution >= 0.6 is 0 Å². The Morgan fingerprint density at radius 1 is 1.47 bits per heavy atom. The van der Waals surface area contributed by atoms with Crippen molar-refractivity contribution >= 4 is 5.91 Å². The van der Waals surface area contributed by atoms with Crippen LogP contribution in [0.4, 0.5) is 0 Å². The van der Waals surface area contributed by atoms with E-state index >= 15 is 0 Å². The summed E-state index contributed by atoms with van der Waals surface area (Å²) in [4.78, 5) is 13.6. The van der Waals surface area contributed by atoms with Gasteiger partial charge in [-0.05, 0) is 25.0 Å². The number of hydrogen-bond acceptors (Lipinski definition) is 2. The summed E-state index contributed by atoms with van der Waals surface area (Å²) in [5.74, 6) is 0.0333. The van der Waals surface area contributed by atoms with Crippen LogP contribution in [0.5, 0.6) is 0 Å². The summed E-state index contributed by atoms with van der Waals surface area (Å²) < 4.78 is 5.38. The van der Waals surface area contributed by atoms with Gasteiger partial charge < -0.3 is 9.64 Å². The number of benzene rings is 1. The van der Waals surface area contributed by atoms with Gasteiger partial charge in [0.15, 0.2) is 0 Å². The quantitative estimate of drug-likeness (QED) is 0.744. The fourth-order valence-electron chi connectivity index (χ4n) is 2.02. The number of allylic oxidation sites excluding steroid dienone is 1. The van der Waals surface area contributed by atoms with Gasteiger partial charge in [0.05, 0.1) is 12.6 Å². The minimum Gasteiger partial charge on any atom is -0.359 e. The van der Waals surface area contributed by atoms with E-state index in [1.165, 1.54) is 5.56 Å². The molecule has 1 amide bonds. The summed E-state index contributed by atoms with van der Waals surface area (Å²) in [6.45, 7) is 2.87. The Bertz CT molecular complexity index is 400. The minimum absolute atomic E-state index is 0.0333. The van der Waals surface area contributed by atoms with Gasteiger partial charge in [-0.25, -0.2) is 0 Å². The predicted molar refractivity (Wildman–Crippen MR) is 66.4 cm³/mol. The molecule has 0 aromatic heterocycles. The van der Waals surface area contributed by atoms with Crippen LogP contribution in [0.1, 0.15) is 12.5 Å². The number of hydrogen-bond donors (Lipinski definition) is 0. The molecule has 0 spiro atoms. The van der Waals surface area contributed by atoms with Gasteiger partial charge in [-0.2, -0.15) is 0 Å². The number of ether oxygens (including phenoxy) is 1. The molecule has 17 heavy (non-hydrogen) atoms. The molecule has 0 saturated carbocycles. The van der Waals surface area contributed by atoms with Gasteiger partial charge in [-0.15, -0.1) is 0 Å². The minimum atomic E-state index is 0.0333. The molecule has 1 saturated heterocycles. The maximum Gasteiger partial charge on any atom is 0.248 e. The highest BCUT2D eigenvalue weighted by molar-refractivity contribution is 5.87. The molecular formula is C14H17NO2. The predicted octanol–water partition coefficient (Wildman–Crippen LogP) is 1.99. The second-order valence-electron chi connectivity index (χ2n) is 4.15. The molecule has 0 aliphatic carbocycles. The molecule has 3 heteroatoms. The van der Waals surface area contributed by atoms with E-state index in [-0.39, 0.29) is 11.9 Å². The molecule has 2 rings (SSSR count). The zero-order valence-corrected chi connectivity index (χ0v) is 10.0. The molecule has 0 unspecified atom stereocenters. The average Bonchev–Trinajstić information content (AvgIpc) is 2.79. The second-order valence-corrected chi connectivity index (χ2v) is 4.15. The van der Waals surface area contributed by atoms with Crippen LogP contribution in [0.3, 0.4) is 0 Å². The summed E-state index contributed by atoms with van der Waals surface area (Å²) in [5.41, 5.74) is 1.24. The van der Waals surface area contributed by atoms with Crippen molar-refractivity contribution in [1.29, 1.82) is 0 Å². The van der Waals surface area contributed by atoms with E-state index in [9.17, 15) is 4.79 Å². The lowest BCUT2D eigenvalue weighted by molar-refractivity contribution is -0.127. The highest BCUT2D eigenvalue weighted by Gasteiger charge is 2.28. The molecular weight excluding hydrogens is 214 g/mol. The number of carbonyl (C=O) groups is 1. The highest BCUT2D eigenvalue weighted by Crippen LogP contribution is 2.15. The molecule has 3 nitrogen and oxygen atoms in total. The maximum absolute atomic E-state index is 11.8. The molecule has 1 aromatic rings. The van der Waals surface area contributed by atoms with Crippen molar-refractivity contribution in [3.05, 3.63) is 48.0 Å². The first kappa shape index (κ1) is 11.9. The summed E-state index contributed by atoms with van der Waals surface area (Å²) in [7, 11) is 0. The third-order valence-corrected chi connectivity index (χ3v) is 2.89.